The Morgan fingerprint density at radius 2 is 1.56 bits per heavy atom. The second-order valence-electron chi connectivity index (χ2n) is 11.7. The number of rotatable bonds is 13. The quantitative estimate of drug-likeness (QED) is 0.212. The van der Waals surface area contributed by atoms with Gasteiger partial charge in [-0.15, -0.1) is 0 Å². The molecule has 3 aromatic rings. The van der Waals surface area contributed by atoms with Crippen LogP contribution in [0.25, 0.3) is 0 Å². The number of carbonyl (C=O) groups is 2. The average Bonchev–Trinajstić information content (AvgIpc) is 2.95. The molecule has 0 unspecified atom stereocenters. The first-order valence-electron chi connectivity index (χ1n) is 14.3. The van der Waals surface area contributed by atoms with Gasteiger partial charge in [-0.3, -0.25) is 13.9 Å². The number of nitrogens with zero attached hydrogens (tertiary/aromatic N) is 2. The van der Waals surface area contributed by atoms with Gasteiger partial charge in [0.15, 0.2) is 0 Å². The Morgan fingerprint density at radius 3 is 2.12 bits per heavy atom. The SMILES string of the molecule is CCCCNC(=O)[C@@H](Cc1ccccc1)N(Cc1ccc(Cl)c(Cl)c1)C(=O)CN(c1ccc(C(C)(C)C)cc1)S(C)(=O)=O. The van der Waals surface area contributed by atoms with Crippen molar-refractivity contribution in [3.05, 3.63) is 99.5 Å². The van der Waals surface area contributed by atoms with Crippen molar-refractivity contribution in [2.45, 2.75) is 65.0 Å². The largest absolute Gasteiger partial charge is 0.354 e. The molecule has 1 atom stereocenters. The number of halogens is 2. The molecule has 3 rings (SSSR count). The summed E-state index contributed by atoms with van der Waals surface area (Å²) in [7, 11) is -3.86. The fourth-order valence-corrected chi connectivity index (χ4v) is 5.81. The number of hydrogen-bond donors (Lipinski definition) is 1. The third-order valence-electron chi connectivity index (χ3n) is 7.14. The van der Waals surface area contributed by atoms with E-state index in [4.69, 9.17) is 23.2 Å². The van der Waals surface area contributed by atoms with Crippen LogP contribution in [-0.2, 0) is 38.0 Å². The zero-order chi connectivity index (χ0) is 31.8. The van der Waals surface area contributed by atoms with E-state index in [9.17, 15) is 18.0 Å². The van der Waals surface area contributed by atoms with E-state index in [-0.39, 0.29) is 24.3 Å². The fraction of sp³-hybridized carbons (Fsp3) is 0.394. The normalized spacial score (nSPS) is 12.4. The Morgan fingerprint density at radius 1 is 0.907 bits per heavy atom. The molecule has 7 nitrogen and oxygen atoms in total. The predicted molar refractivity (Wildman–Crippen MR) is 176 cm³/mol. The van der Waals surface area contributed by atoms with Crippen LogP contribution >= 0.6 is 23.2 Å². The Labute approximate surface area is 266 Å². The number of sulfonamides is 1. The number of benzene rings is 3. The summed E-state index contributed by atoms with van der Waals surface area (Å²) in [6.45, 7) is 8.24. The van der Waals surface area contributed by atoms with Crippen molar-refractivity contribution in [2.24, 2.45) is 0 Å². The summed E-state index contributed by atoms with van der Waals surface area (Å²) in [5.74, 6) is -0.839. The molecule has 43 heavy (non-hydrogen) atoms. The minimum atomic E-state index is -3.86. The standard InChI is InChI=1S/C33H41Cl2N3O4S/c1-6-7-19-36-32(40)30(21-24-11-9-8-10-12-24)37(22-25-13-18-28(34)29(35)20-25)31(39)23-38(43(5,41)42)27-16-14-26(15-17-27)33(2,3)4/h8-18,20,30H,6-7,19,21-23H2,1-5H3,(H,36,40)/t30-/m1/s1. The lowest BCUT2D eigenvalue weighted by Gasteiger charge is -2.33. The van der Waals surface area contributed by atoms with Crippen LogP contribution < -0.4 is 9.62 Å². The van der Waals surface area contributed by atoms with Gasteiger partial charge in [-0.2, -0.15) is 0 Å². The maximum Gasteiger partial charge on any atom is 0.244 e. The van der Waals surface area contributed by atoms with Gasteiger partial charge in [-0.1, -0.05) is 106 Å². The molecule has 0 aromatic heterocycles. The van der Waals surface area contributed by atoms with E-state index in [2.05, 4.69) is 26.1 Å². The summed E-state index contributed by atoms with van der Waals surface area (Å²) >= 11 is 12.4. The molecule has 2 amide bonds. The van der Waals surface area contributed by atoms with Crippen LogP contribution in [0.5, 0.6) is 0 Å². The zero-order valence-electron chi connectivity index (χ0n) is 25.4. The minimum absolute atomic E-state index is 0.0228. The molecule has 1 N–H and O–H groups in total. The lowest BCUT2D eigenvalue weighted by molar-refractivity contribution is -0.140. The number of carbonyl (C=O) groups excluding carboxylic acids is 2. The highest BCUT2D eigenvalue weighted by molar-refractivity contribution is 7.92. The Hall–Kier alpha value is -3.07. The molecular weight excluding hydrogens is 605 g/mol. The molecule has 232 valence electrons. The molecule has 0 bridgehead atoms. The van der Waals surface area contributed by atoms with Crippen LogP contribution in [0, 0.1) is 0 Å². The number of hydrogen-bond acceptors (Lipinski definition) is 4. The number of nitrogens with one attached hydrogen (secondary N) is 1. The molecule has 0 radical (unpaired) electrons. The van der Waals surface area contributed by atoms with Gasteiger partial charge in [0, 0.05) is 19.5 Å². The second-order valence-corrected chi connectivity index (χ2v) is 14.4. The maximum atomic E-state index is 14.2. The highest BCUT2D eigenvalue weighted by Gasteiger charge is 2.33. The van der Waals surface area contributed by atoms with E-state index < -0.39 is 28.5 Å². The summed E-state index contributed by atoms with van der Waals surface area (Å²) in [5.41, 5.74) is 2.79. The highest BCUT2D eigenvalue weighted by Crippen LogP contribution is 2.27. The van der Waals surface area contributed by atoms with Crippen molar-refractivity contribution in [3.63, 3.8) is 0 Å². The molecule has 10 heteroatoms. The molecule has 0 saturated heterocycles. The molecule has 0 aliphatic carbocycles. The number of anilines is 1. The van der Waals surface area contributed by atoms with E-state index in [1.807, 2.05) is 49.4 Å². The van der Waals surface area contributed by atoms with Crippen LogP contribution in [0.3, 0.4) is 0 Å². The summed E-state index contributed by atoms with van der Waals surface area (Å²) in [6, 6.07) is 20.7. The van der Waals surface area contributed by atoms with Gasteiger partial charge >= 0.3 is 0 Å². The van der Waals surface area contributed by atoms with Crippen molar-refractivity contribution in [3.8, 4) is 0 Å². The molecule has 0 spiro atoms. The summed E-state index contributed by atoms with van der Waals surface area (Å²) in [6.07, 6.45) is 3.00. The second kappa shape index (κ2) is 15.1. The number of amides is 2. The van der Waals surface area contributed by atoms with Gasteiger partial charge in [0.2, 0.25) is 21.8 Å². The predicted octanol–water partition coefficient (Wildman–Crippen LogP) is 6.61. The Balaban J connectivity index is 2.05. The topological polar surface area (TPSA) is 86.8 Å². The summed E-state index contributed by atoms with van der Waals surface area (Å²) < 4.78 is 27.1. The van der Waals surface area contributed by atoms with Crippen LogP contribution in [0.1, 0.15) is 57.2 Å². The van der Waals surface area contributed by atoms with Gasteiger partial charge in [0.25, 0.3) is 0 Å². The van der Waals surface area contributed by atoms with Crippen molar-refractivity contribution >= 4 is 50.7 Å². The lowest BCUT2D eigenvalue weighted by atomic mass is 9.87. The fourth-order valence-electron chi connectivity index (χ4n) is 4.64. The summed E-state index contributed by atoms with van der Waals surface area (Å²) in [4.78, 5) is 29.3. The molecule has 3 aromatic carbocycles. The molecular formula is C33H41Cl2N3O4S. The van der Waals surface area contributed by atoms with Crippen LogP contribution in [0.4, 0.5) is 5.69 Å². The van der Waals surface area contributed by atoms with E-state index >= 15 is 0 Å². The monoisotopic (exact) mass is 645 g/mol. The van der Waals surface area contributed by atoms with Crippen LogP contribution in [0.2, 0.25) is 10.0 Å². The number of unbranched alkanes of at least 4 members (excludes halogenated alkanes) is 1. The van der Waals surface area contributed by atoms with Crippen molar-refractivity contribution in [2.75, 3.05) is 23.7 Å². The van der Waals surface area contributed by atoms with E-state index in [0.29, 0.717) is 27.8 Å². The highest BCUT2D eigenvalue weighted by atomic mass is 35.5. The van der Waals surface area contributed by atoms with Crippen molar-refractivity contribution in [1.29, 1.82) is 0 Å². The Bertz CT molecular complexity index is 1490. The smallest absolute Gasteiger partial charge is 0.244 e. The van der Waals surface area contributed by atoms with E-state index in [1.54, 1.807) is 30.3 Å². The third kappa shape index (κ3) is 9.98. The Kier molecular flexibility index (Phi) is 12.1. The zero-order valence-corrected chi connectivity index (χ0v) is 27.8. The molecule has 0 heterocycles. The van der Waals surface area contributed by atoms with Gasteiger partial charge in [-0.05, 0) is 52.8 Å². The lowest BCUT2D eigenvalue weighted by Crippen LogP contribution is -2.53. The van der Waals surface area contributed by atoms with Crippen molar-refractivity contribution < 1.29 is 18.0 Å². The maximum absolute atomic E-state index is 14.2. The molecule has 0 aliphatic heterocycles. The summed E-state index contributed by atoms with van der Waals surface area (Å²) in [5, 5.41) is 3.65. The van der Waals surface area contributed by atoms with E-state index in [0.717, 1.165) is 34.5 Å². The third-order valence-corrected chi connectivity index (χ3v) is 9.02. The van der Waals surface area contributed by atoms with Crippen LogP contribution in [0.15, 0.2) is 72.8 Å². The molecule has 0 aliphatic rings. The first-order chi connectivity index (χ1) is 20.2. The van der Waals surface area contributed by atoms with Gasteiger partial charge in [-0.25, -0.2) is 8.42 Å². The van der Waals surface area contributed by atoms with Gasteiger partial charge < -0.3 is 10.2 Å². The average molecular weight is 647 g/mol. The first kappa shape index (κ1) is 34.4. The van der Waals surface area contributed by atoms with Gasteiger partial charge in [0.1, 0.15) is 12.6 Å². The first-order valence-corrected chi connectivity index (χ1v) is 16.9. The molecule has 0 saturated carbocycles. The van der Waals surface area contributed by atoms with Crippen molar-refractivity contribution in [1.82, 2.24) is 10.2 Å². The van der Waals surface area contributed by atoms with Gasteiger partial charge in [0.05, 0.1) is 22.0 Å². The van der Waals surface area contributed by atoms with E-state index in [1.165, 1.54) is 4.90 Å². The van der Waals surface area contributed by atoms with Crippen LogP contribution in [-0.4, -0.2) is 50.5 Å². The molecule has 0 fully saturated rings. The minimum Gasteiger partial charge on any atom is -0.354 e.